The largest absolute Gasteiger partial charge is 0.493 e. The van der Waals surface area contributed by atoms with Crippen LogP contribution in [0.25, 0.3) is 0 Å². The number of halogens is 1. The molecular weight excluding hydrogens is 478 g/mol. The minimum absolute atomic E-state index is 0.217. The van der Waals surface area contributed by atoms with Crippen LogP contribution in [0.5, 0.6) is 11.5 Å². The summed E-state index contributed by atoms with van der Waals surface area (Å²) in [5.41, 5.74) is 4.78. The smallest absolute Gasteiger partial charge is 0.339 e. The minimum Gasteiger partial charge on any atom is -0.493 e. The third-order valence-corrected chi connectivity index (χ3v) is 4.79. The number of nitrogens with one attached hydrogen (secondary N) is 2. The van der Waals surface area contributed by atoms with Crippen LogP contribution in [0.15, 0.2) is 76.3 Å². The molecule has 0 spiro atoms. The van der Waals surface area contributed by atoms with Gasteiger partial charge >= 0.3 is 12.0 Å². The highest BCUT2D eigenvalue weighted by molar-refractivity contribution is 9.10. The second-order valence-electron chi connectivity index (χ2n) is 6.53. The van der Waals surface area contributed by atoms with Gasteiger partial charge in [0.1, 0.15) is 6.61 Å². The van der Waals surface area contributed by atoms with Gasteiger partial charge in [0.05, 0.1) is 18.9 Å². The van der Waals surface area contributed by atoms with E-state index in [1.807, 2.05) is 12.1 Å². The van der Waals surface area contributed by atoms with E-state index < -0.39 is 12.0 Å². The Morgan fingerprint density at radius 3 is 2.41 bits per heavy atom. The molecule has 8 nitrogen and oxygen atoms in total. The first-order valence-electron chi connectivity index (χ1n) is 9.43. The summed E-state index contributed by atoms with van der Waals surface area (Å²) in [4.78, 5) is 22.8. The maximum atomic E-state index is 11.9. The molecule has 3 aromatic rings. The highest BCUT2D eigenvalue weighted by atomic mass is 79.9. The Labute approximate surface area is 193 Å². The van der Waals surface area contributed by atoms with Gasteiger partial charge in [-0.2, -0.15) is 5.10 Å². The maximum absolute atomic E-state index is 11.9. The molecule has 0 fully saturated rings. The van der Waals surface area contributed by atoms with E-state index >= 15 is 0 Å². The van der Waals surface area contributed by atoms with Crippen LogP contribution < -0.4 is 20.2 Å². The molecule has 2 amide bonds. The van der Waals surface area contributed by atoms with Crippen LogP contribution in [0.1, 0.15) is 21.5 Å². The zero-order valence-electron chi connectivity index (χ0n) is 17.0. The first-order valence-corrected chi connectivity index (χ1v) is 10.2. The normalized spacial score (nSPS) is 10.6. The van der Waals surface area contributed by atoms with Gasteiger partial charge in [-0.15, -0.1) is 0 Å². The van der Waals surface area contributed by atoms with E-state index in [9.17, 15) is 9.59 Å². The maximum Gasteiger partial charge on any atom is 0.339 e. The van der Waals surface area contributed by atoms with Gasteiger partial charge < -0.3 is 19.9 Å². The summed E-state index contributed by atoms with van der Waals surface area (Å²) >= 11 is 3.33. The van der Waals surface area contributed by atoms with Crippen LogP contribution in [0.3, 0.4) is 0 Å². The molecular formula is C23H20BrN3O5. The molecule has 9 heteroatoms. The van der Waals surface area contributed by atoms with E-state index in [4.69, 9.17) is 14.6 Å². The topological polar surface area (TPSA) is 109 Å². The highest BCUT2D eigenvalue weighted by Gasteiger charge is 2.07. The molecule has 0 saturated heterocycles. The summed E-state index contributed by atoms with van der Waals surface area (Å²) in [6.45, 7) is 0.251. The van der Waals surface area contributed by atoms with Crippen molar-refractivity contribution in [2.24, 2.45) is 5.10 Å². The molecule has 32 heavy (non-hydrogen) atoms. The second kappa shape index (κ2) is 11.0. The molecule has 0 bridgehead atoms. The Hall–Kier alpha value is -3.85. The minimum atomic E-state index is -0.975. The molecule has 0 radical (unpaired) electrons. The number of hydrogen-bond acceptors (Lipinski definition) is 5. The number of urea groups is 1. The Bertz CT molecular complexity index is 1120. The van der Waals surface area contributed by atoms with Crippen LogP contribution >= 0.6 is 15.9 Å². The summed E-state index contributed by atoms with van der Waals surface area (Å²) in [7, 11) is 1.52. The summed E-state index contributed by atoms with van der Waals surface area (Å²) in [5.74, 6) is 0.0417. The van der Waals surface area contributed by atoms with Gasteiger partial charge in [0.2, 0.25) is 0 Å². The van der Waals surface area contributed by atoms with Gasteiger partial charge in [-0.25, -0.2) is 15.0 Å². The van der Waals surface area contributed by atoms with Gasteiger partial charge in [0.15, 0.2) is 11.5 Å². The van der Waals surface area contributed by atoms with E-state index in [2.05, 4.69) is 31.8 Å². The Morgan fingerprint density at radius 2 is 1.75 bits per heavy atom. The molecule has 3 aromatic carbocycles. The molecule has 0 unspecified atom stereocenters. The van der Waals surface area contributed by atoms with E-state index in [1.54, 1.807) is 42.5 Å². The van der Waals surface area contributed by atoms with Crippen molar-refractivity contribution in [1.82, 2.24) is 5.43 Å². The summed E-state index contributed by atoms with van der Waals surface area (Å²) < 4.78 is 12.1. The van der Waals surface area contributed by atoms with Crippen LogP contribution in [0.4, 0.5) is 10.5 Å². The fraction of sp³-hybridized carbons (Fsp3) is 0.0870. The lowest BCUT2D eigenvalue weighted by Gasteiger charge is -2.11. The van der Waals surface area contributed by atoms with E-state index in [0.717, 1.165) is 10.0 Å². The standard InChI is InChI=1S/C23H20BrN3O5/c1-31-21-12-16(13-25-27-23(30)26-19-9-7-18(24)8-10-19)4-11-20(21)32-14-15-2-5-17(6-3-15)22(28)29/h2-13H,14H2,1H3,(H,28,29)(H2,26,27,30)/b25-13+. The monoisotopic (exact) mass is 497 g/mol. The third-order valence-electron chi connectivity index (χ3n) is 4.26. The average Bonchev–Trinajstić information content (AvgIpc) is 2.79. The highest BCUT2D eigenvalue weighted by Crippen LogP contribution is 2.28. The number of nitrogens with zero attached hydrogens (tertiary/aromatic N) is 1. The summed E-state index contributed by atoms with van der Waals surface area (Å²) in [6, 6.07) is 18.4. The average molecular weight is 498 g/mol. The number of hydrazone groups is 1. The number of ether oxygens (including phenoxy) is 2. The van der Waals surface area contributed by atoms with Gasteiger partial charge in [-0.05, 0) is 65.7 Å². The summed E-state index contributed by atoms with van der Waals surface area (Å²) in [5, 5.41) is 15.6. The molecule has 0 aromatic heterocycles. The van der Waals surface area contributed by atoms with E-state index in [-0.39, 0.29) is 12.2 Å². The molecule has 0 saturated carbocycles. The fourth-order valence-electron chi connectivity index (χ4n) is 2.65. The van der Waals surface area contributed by atoms with Crippen molar-refractivity contribution in [3.05, 3.63) is 87.9 Å². The van der Waals surface area contributed by atoms with Crippen LogP contribution in [-0.2, 0) is 6.61 Å². The molecule has 0 aliphatic rings. The number of rotatable bonds is 8. The zero-order chi connectivity index (χ0) is 22.9. The lowest BCUT2D eigenvalue weighted by molar-refractivity contribution is 0.0696. The predicted molar refractivity (Wildman–Crippen MR) is 125 cm³/mol. The van der Waals surface area contributed by atoms with Crippen molar-refractivity contribution in [1.29, 1.82) is 0 Å². The lowest BCUT2D eigenvalue weighted by Crippen LogP contribution is -2.24. The van der Waals surface area contributed by atoms with Crippen molar-refractivity contribution in [3.63, 3.8) is 0 Å². The number of benzene rings is 3. The number of carboxylic acids is 1. The molecule has 0 aliphatic heterocycles. The number of carboxylic acid groups (broad SMARTS) is 1. The van der Waals surface area contributed by atoms with Gasteiger partial charge in [0.25, 0.3) is 0 Å². The van der Waals surface area contributed by atoms with Gasteiger partial charge in [0, 0.05) is 10.2 Å². The zero-order valence-corrected chi connectivity index (χ0v) is 18.6. The summed E-state index contributed by atoms with van der Waals surface area (Å²) in [6.07, 6.45) is 1.48. The van der Waals surface area contributed by atoms with Crippen molar-refractivity contribution < 1.29 is 24.2 Å². The Morgan fingerprint density at radius 1 is 1.03 bits per heavy atom. The lowest BCUT2D eigenvalue weighted by atomic mass is 10.1. The molecule has 0 atom stereocenters. The third kappa shape index (κ3) is 6.58. The SMILES string of the molecule is COc1cc(/C=N/NC(=O)Nc2ccc(Br)cc2)ccc1OCc1ccc(C(=O)O)cc1. The first kappa shape index (κ1) is 22.8. The van der Waals surface area contributed by atoms with Crippen LogP contribution in [0.2, 0.25) is 0 Å². The number of anilines is 1. The Balaban J connectivity index is 1.56. The number of hydrogen-bond donors (Lipinski definition) is 3. The fourth-order valence-corrected chi connectivity index (χ4v) is 2.91. The van der Waals surface area contributed by atoms with E-state index in [0.29, 0.717) is 22.7 Å². The number of carbonyl (C=O) groups excluding carboxylic acids is 1. The number of aromatic carboxylic acids is 1. The molecule has 3 rings (SSSR count). The first-order chi connectivity index (χ1) is 15.4. The predicted octanol–water partition coefficient (Wildman–Crippen LogP) is 4.89. The van der Waals surface area contributed by atoms with Crippen molar-refractivity contribution >= 4 is 39.8 Å². The van der Waals surface area contributed by atoms with Crippen molar-refractivity contribution in [3.8, 4) is 11.5 Å². The van der Waals surface area contributed by atoms with Crippen LogP contribution in [-0.4, -0.2) is 30.4 Å². The molecule has 0 heterocycles. The van der Waals surface area contributed by atoms with Gasteiger partial charge in [-0.3, -0.25) is 0 Å². The quantitative estimate of drug-likeness (QED) is 0.303. The van der Waals surface area contributed by atoms with Crippen molar-refractivity contribution in [2.45, 2.75) is 6.61 Å². The molecule has 164 valence electrons. The van der Waals surface area contributed by atoms with Crippen LogP contribution in [0, 0.1) is 0 Å². The Kier molecular flexibility index (Phi) is 7.82. The number of methoxy groups -OCH3 is 1. The number of carbonyl (C=O) groups is 2. The van der Waals surface area contributed by atoms with Crippen molar-refractivity contribution in [2.75, 3.05) is 12.4 Å². The second-order valence-corrected chi connectivity index (χ2v) is 7.45. The van der Waals surface area contributed by atoms with E-state index in [1.165, 1.54) is 25.5 Å². The van der Waals surface area contributed by atoms with Gasteiger partial charge in [-0.1, -0.05) is 28.1 Å². The molecule has 3 N–H and O–H groups in total. The number of amides is 2. The molecule has 0 aliphatic carbocycles.